The fourth-order valence-electron chi connectivity index (χ4n) is 3.37. The quantitative estimate of drug-likeness (QED) is 0.482. The number of hydrogen-bond acceptors (Lipinski definition) is 4. The maximum atomic E-state index is 12.3. The lowest BCUT2D eigenvalue weighted by molar-refractivity contribution is -0.141. The second kappa shape index (κ2) is 6.71. The van der Waals surface area contributed by atoms with Crippen LogP contribution in [0.1, 0.15) is 32.1 Å². The normalized spacial score (nSPS) is 23.8. The van der Waals surface area contributed by atoms with E-state index in [1.54, 1.807) is 24.3 Å². The molecule has 122 valence electrons. The van der Waals surface area contributed by atoms with Crippen LogP contribution >= 0.6 is 11.6 Å². The average molecular weight is 336 g/mol. The number of carbonyl (C=O) groups excluding carboxylic acids is 3. The number of imide groups is 1. The van der Waals surface area contributed by atoms with E-state index in [-0.39, 0.29) is 36.6 Å². The minimum Gasteiger partial charge on any atom is -0.426 e. The topological polar surface area (TPSA) is 63.7 Å². The van der Waals surface area contributed by atoms with E-state index < -0.39 is 5.97 Å². The van der Waals surface area contributed by atoms with Gasteiger partial charge in [-0.1, -0.05) is 30.5 Å². The number of benzene rings is 1. The number of ether oxygens (including phenoxy) is 1. The summed E-state index contributed by atoms with van der Waals surface area (Å²) in [6.07, 6.45) is 3.52. The first-order chi connectivity index (χ1) is 11.1. The van der Waals surface area contributed by atoms with Crippen LogP contribution < -0.4 is 4.74 Å². The molecule has 1 aromatic carbocycles. The fraction of sp³-hybridized carbons (Fsp3) is 0.471. The Labute approximate surface area is 139 Å². The van der Waals surface area contributed by atoms with Crippen LogP contribution in [-0.2, 0) is 14.4 Å². The summed E-state index contributed by atoms with van der Waals surface area (Å²) in [7, 11) is 0. The van der Waals surface area contributed by atoms with Crippen LogP contribution in [0, 0.1) is 11.8 Å². The van der Waals surface area contributed by atoms with Crippen LogP contribution in [0.4, 0.5) is 0 Å². The lowest BCUT2D eigenvalue weighted by Crippen LogP contribution is -2.33. The minimum absolute atomic E-state index is 0.0105. The summed E-state index contributed by atoms with van der Waals surface area (Å²) in [6.45, 7) is 0.0874. The van der Waals surface area contributed by atoms with Crippen LogP contribution in [0.15, 0.2) is 24.3 Å². The number of amides is 2. The molecule has 1 saturated carbocycles. The Balaban J connectivity index is 1.56. The molecule has 2 aliphatic rings. The molecule has 0 unspecified atom stereocenters. The first-order valence-electron chi connectivity index (χ1n) is 7.88. The van der Waals surface area contributed by atoms with Gasteiger partial charge in [0.05, 0.1) is 18.3 Å². The van der Waals surface area contributed by atoms with E-state index in [1.165, 1.54) is 4.90 Å². The van der Waals surface area contributed by atoms with E-state index in [9.17, 15) is 14.4 Å². The van der Waals surface area contributed by atoms with Crippen molar-refractivity contribution in [3.8, 4) is 5.75 Å². The van der Waals surface area contributed by atoms with Crippen molar-refractivity contribution in [2.45, 2.75) is 32.1 Å². The van der Waals surface area contributed by atoms with Crippen LogP contribution in [0.25, 0.3) is 0 Å². The van der Waals surface area contributed by atoms with Crippen molar-refractivity contribution >= 4 is 29.4 Å². The Morgan fingerprint density at radius 3 is 2.43 bits per heavy atom. The van der Waals surface area contributed by atoms with E-state index in [0.717, 1.165) is 25.7 Å². The third-order valence-electron chi connectivity index (χ3n) is 4.50. The highest BCUT2D eigenvalue weighted by molar-refractivity contribution is 6.30. The highest BCUT2D eigenvalue weighted by Crippen LogP contribution is 2.37. The molecule has 1 saturated heterocycles. The van der Waals surface area contributed by atoms with Gasteiger partial charge in [-0.3, -0.25) is 19.3 Å². The number of esters is 1. The average Bonchev–Trinajstić information content (AvgIpc) is 2.77. The molecule has 0 spiro atoms. The smallest absolute Gasteiger partial charge is 0.312 e. The molecule has 0 N–H and O–H groups in total. The van der Waals surface area contributed by atoms with Crippen molar-refractivity contribution in [3.05, 3.63) is 29.3 Å². The van der Waals surface area contributed by atoms with Crippen molar-refractivity contribution in [1.29, 1.82) is 0 Å². The van der Waals surface area contributed by atoms with E-state index in [0.29, 0.717) is 10.8 Å². The molecular weight excluding hydrogens is 318 g/mol. The lowest BCUT2D eigenvalue weighted by atomic mass is 9.81. The van der Waals surface area contributed by atoms with Gasteiger partial charge in [-0.05, 0) is 31.0 Å². The van der Waals surface area contributed by atoms with Gasteiger partial charge in [-0.2, -0.15) is 0 Å². The lowest BCUT2D eigenvalue weighted by Gasteiger charge is -2.19. The summed E-state index contributed by atoms with van der Waals surface area (Å²) >= 11 is 5.83. The Kier molecular flexibility index (Phi) is 4.66. The van der Waals surface area contributed by atoms with Gasteiger partial charge in [0.15, 0.2) is 0 Å². The van der Waals surface area contributed by atoms with Gasteiger partial charge in [0.1, 0.15) is 5.75 Å². The number of halogens is 1. The van der Waals surface area contributed by atoms with Crippen LogP contribution in [0.5, 0.6) is 5.75 Å². The van der Waals surface area contributed by atoms with E-state index in [2.05, 4.69) is 0 Å². The van der Waals surface area contributed by atoms with Crippen LogP contribution in [0.2, 0.25) is 5.02 Å². The molecule has 1 aromatic rings. The Morgan fingerprint density at radius 2 is 1.83 bits per heavy atom. The Bertz CT molecular complexity index is 621. The van der Waals surface area contributed by atoms with Gasteiger partial charge in [0, 0.05) is 11.6 Å². The van der Waals surface area contributed by atoms with Crippen LogP contribution in [-0.4, -0.2) is 29.2 Å². The molecule has 0 aromatic heterocycles. The molecule has 6 heteroatoms. The number of fused-ring (bicyclic) bond motifs is 1. The van der Waals surface area contributed by atoms with Crippen molar-refractivity contribution in [3.63, 3.8) is 0 Å². The molecule has 1 aliphatic heterocycles. The maximum Gasteiger partial charge on any atom is 0.312 e. The summed E-state index contributed by atoms with van der Waals surface area (Å²) in [4.78, 5) is 37.7. The molecule has 1 aliphatic carbocycles. The third-order valence-corrected chi connectivity index (χ3v) is 4.73. The van der Waals surface area contributed by atoms with Crippen molar-refractivity contribution in [2.24, 2.45) is 11.8 Å². The Hall–Kier alpha value is -1.88. The molecule has 5 nitrogen and oxygen atoms in total. The Morgan fingerprint density at radius 1 is 1.17 bits per heavy atom. The highest BCUT2D eigenvalue weighted by Gasteiger charge is 2.47. The zero-order valence-corrected chi connectivity index (χ0v) is 13.4. The summed E-state index contributed by atoms with van der Waals surface area (Å²) in [5, 5.41) is 0.476. The number of hydrogen-bond donors (Lipinski definition) is 0. The second-order valence-electron chi connectivity index (χ2n) is 6.01. The molecule has 0 bridgehead atoms. The number of rotatable bonds is 4. The number of carbonyl (C=O) groups is 3. The monoisotopic (exact) mass is 335 g/mol. The molecule has 2 atom stereocenters. The number of nitrogens with zero attached hydrogens (tertiary/aromatic N) is 1. The summed E-state index contributed by atoms with van der Waals surface area (Å²) < 4.78 is 5.17. The molecule has 2 fully saturated rings. The molecule has 1 heterocycles. The molecular formula is C17H18ClNO4. The van der Waals surface area contributed by atoms with Gasteiger partial charge < -0.3 is 4.74 Å². The molecule has 2 amide bonds. The van der Waals surface area contributed by atoms with Crippen molar-refractivity contribution in [1.82, 2.24) is 4.90 Å². The van der Waals surface area contributed by atoms with Gasteiger partial charge >= 0.3 is 5.97 Å². The van der Waals surface area contributed by atoms with Gasteiger partial charge in [-0.25, -0.2) is 0 Å². The molecule has 23 heavy (non-hydrogen) atoms. The van der Waals surface area contributed by atoms with Gasteiger partial charge in [0.25, 0.3) is 0 Å². The first kappa shape index (κ1) is 16.0. The SMILES string of the molecule is O=C(CCN1C(=O)[C@@H]2CCCC[C@H]2C1=O)Oc1cccc(Cl)c1. The van der Waals surface area contributed by atoms with Crippen LogP contribution in [0.3, 0.4) is 0 Å². The molecule has 3 rings (SSSR count). The summed E-state index contributed by atoms with van der Waals surface area (Å²) in [6, 6.07) is 6.54. The highest BCUT2D eigenvalue weighted by atomic mass is 35.5. The number of likely N-dealkylation sites (tertiary alicyclic amines) is 1. The maximum absolute atomic E-state index is 12.3. The predicted molar refractivity (Wildman–Crippen MR) is 83.9 cm³/mol. The largest absolute Gasteiger partial charge is 0.426 e. The van der Waals surface area contributed by atoms with E-state index >= 15 is 0 Å². The first-order valence-corrected chi connectivity index (χ1v) is 8.25. The zero-order valence-electron chi connectivity index (χ0n) is 12.7. The van der Waals surface area contributed by atoms with Gasteiger partial charge in [-0.15, -0.1) is 0 Å². The summed E-state index contributed by atoms with van der Waals surface area (Å²) in [5.41, 5.74) is 0. The molecule has 0 radical (unpaired) electrons. The predicted octanol–water partition coefficient (Wildman–Crippen LogP) is 2.81. The summed E-state index contributed by atoms with van der Waals surface area (Å²) in [5.74, 6) is -0.746. The van der Waals surface area contributed by atoms with Crippen molar-refractivity contribution < 1.29 is 19.1 Å². The minimum atomic E-state index is -0.484. The van der Waals surface area contributed by atoms with Gasteiger partial charge in [0.2, 0.25) is 11.8 Å². The zero-order chi connectivity index (χ0) is 16.4. The standard InChI is InChI=1S/C17H18ClNO4/c18-11-4-3-5-12(10-11)23-15(20)8-9-19-16(21)13-6-1-2-7-14(13)17(19)22/h3-5,10,13-14H,1-2,6-9H2/t13-,14-/m1/s1. The third kappa shape index (κ3) is 3.39. The van der Waals surface area contributed by atoms with Crippen molar-refractivity contribution in [2.75, 3.05) is 6.54 Å². The second-order valence-corrected chi connectivity index (χ2v) is 6.44. The van der Waals surface area contributed by atoms with E-state index in [4.69, 9.17) is 16.3 Å². The fourth-order valence-corrected chi connectivity index (χ4v) is 3.55. The van der Waals surface area contributed by atoms with E-state index in [1.807, 2.05) is 0 Å².